The third kappa shape index (κ3) is 2.97. The molecular weight excluding hydrogens is 462 g/mol. The van der Waals surface area contributed by atoms with Gasteiger partial charge in [-0.1, -0.05) is 13.0 Å². The molecule has 0 aromatic heterocycles. The summed E-state index contributed by atoms with van der Waals surface area (Å²) >= 11 is 0. The number of phenolic OH excluding ortho intramolecular Hbond substituents is 1. The number of amides is 2. The van der Waals surface area contributed by atoms with Crippen LogP contribution in [0.15, 0.2) is 34.8 Å². The fraction of sp³-hybridized carbons (Fsp3) is 0.391. The number of hydrogen-bond acceptors (Lipinski definition) is 10. The summed E-state index contributed by atoms with van der Waals surface area (Å²) in [5.74, 6) is -9.72. The molecule has 3 aliphatic rings. The van der Waals surface area contributed by atoms with E-state index in [4.69, 9.17) is 5.73 Å². The summed E-state index contributed by atoms with van der Waals surface area (Å²) in [5, 5.41) is 58.0. The molecule has 0 spiro atoms. The molecule has 35 heavy (non-hydrogen) atoms. The molecule has 3 aliphatic carbocycles. The van der Waals surface area contributed by atoms with Crippen LogP contribution in [0.2, 0.25) is 0 Å². The Balaban J connectivity index is 2.04. The van der Waals surface area contributed by atoms with E-state index in [0.29, 0.717) is 12.0 Å². The van der Waals surface area contributed by atoms with Gasteiger partial charge in [0.05, 0.1) is 29.3 Å². The van der Waals surface area contributed by atoms with Gasteiger partial charge < -0.3 is 36.6 Å². The lowest BCUT2D eigenvalue weighted by molar-refractivity contribution is -0.162. The number of ketones is 2. The van der Waals surface area contributed by atoms with Crippen LogP contribution in [0.25, 0.3) is 0 Å². The highest BCUT2D eigenvalue weighted by Crippen LogP contribution is 2.55. The molecule has 0 heterocycles. The molecule has 2 amide bonds. The van der Waals surface area contributed by atoms with Crippen molar-refractivity contribution in [2.24, 2.45) is 17.6 Å². The minimum atomic E-state index is -2.97. The smallest absolute Gasteiger partial charge is 0.255 e. The van der Waals surface area contributed by atoms with Crippen molar-refractivity contribution >= 4 is 29.6 Å². The molecule has 0 fully saturated rings. The Morgan fingerprint density at radius 2 is 1.83 bits per heavy atom. The highest BCUT2D eigenvalue weighted by Gasteiger charge is 2.67. The molecule has 1 aromatic rings. The topological polar surface area (TPSA) is 211 Å². The molecule has 0 aliphatic heterocycles. The first-order valence-electron chi connectivity index (χ1n) is 10.7. The molecule has 1 aromatic carbocycles. The fourth-order valence-corrected chi connectivity index (χ4v) is 5.80. The summed E-state index contributed by atoms with van der Waals surface area (Å²) in [6.07, 6.45) is -1.37. The number of hydrogen-bond donors (Lipinski definition) is 7. The number of fused-ring (bicyclic) bond motifs is 3. The van der Waals surface area contributed by atoms with Crippen molar-refractivity contribution in [2.45, 2.75) is 30.6 Å². The predicted molar refractivity (Wildman–Crippen MR) is 119 cm³/mol. The van der Waals surface area contributed by atoms with Gasteiger partial charge in [0.25, 0.3) is 5.91 Å². The number of nitrogens with two attached hydrogens (primary N) is 1. The Kier molecular flexibility index (Phi) is 5.51. The average molecular weight is 487 g/mol. The van der Waals surface area contributed by atoms with Crippen molar-refractivity contribution in [3.05, 3.63) is 45.9 Å². The molecule has 186 valence electrons. The summed E-state index contributed by atoms with van der Waals surface area (Å²) in [6, 6.07) is 1.52. The van der Waals surface area contributed by atoms with Gasteiger partial charge in [-0.2, -0.15) is 0 Å². The molecule has 0 radical (unpaired) electrons. The van der Waals surface area contributed by atoms with Gasteiger partial charge in [-0.05, 0) is 31.6 Å². The lowest BCUT2D eigenvalue weighted by Gasteiger charge is -2.53. The molecule has 8 N–H and O–H groups in total. The number of anilines is 1. The van der Waals surface area contributed by atoms with E-state index in [1.165, 1.54) is 31.1 Å². The van der Waals surface area contributed by atoms with Crippen molar-refractivity contribution in [1.29, 1.82) is 0 Å². The third-order valence-electron chi connectivity index (χ3n) is 7.35. The number of phenols is 1. The largest absolute Gasteiger partial charge is 0.510 e. The van der Waals surface area contributed by atoms with Gasteiger partial charge in [0.15, 0.2) is 17.1 Å². The Bertz CT molecular complexity index is 1250. The summed E-state index contributed by atoms with van der Waals surface area (Å²) in [6.45, 7) is 1.61. The zero-order valence-corrected chi connectivity index (χ0v) is 19.0. The number of benzene rings is 1. The number of aliphatic hydroxyl groups excluding tert-OH is 3. The molecule has 0 bridgehead atoms. The van der Waals surface area contributed by atoms with Crippen LogP contribution in [0.4, 0.5) is 5.69 Å². The Morgan fingerprint density at radius 3 is 2.37 bits per heavy atom. The van der Waals surface area contributed by atoms with Crippen LogP contribution in [0, 0.1) is 11.8 Å². The number of primary amides is 1. The van der Waals surface area contributed by atoms with Crippen LogP contribution in [0.5, 0.6) is 5.75 Å². The maximum atomic E-state index is 13.6. The van der Waals surface area contributed by atoms with E-state index < -0.39 is 81.4 Å². The Labute approximate surface area is 199 Å². The van der Waals surface area contributed by atoms with Gasteiger partial charge in [0.2, 0.25) is 12.2 Å². The average Bonchev–Trinajstić information content (AvgIpc) is 2.77. The maximum Gasteiger partial charge on any atom is 0.255 e. The zero-order valence-electron chi connectivity index (χ0n) is 19.0. The predicted octanol–water partition coefficient (Wildman–Crippen LogP) is -0.779. The van der Waals surface area contributed by atoms with Gasteiger partial charge in [-0.15, -0.1) is 0 Å². The van der Waals surface area contributed by atoms with Crippen LogP contribution < -0.4 is 11.1 Å². The van der Waals surface area contributed by atoms with Crippen LogP contribution in [-0.4, -0.2) is 86.2 Å². The maximum absolute atomic E-state index is 13.6. The lowest BCUT2D eigenvalue weighted by atomic mass is 9.55. The summed E-state index contributed by atoms with van der Waals surface area (Å²) in [4.78, 5) is 51.1. The third-order valence-corrected chi connectivity index (χ3v) is 7.35. The van der Waals surface area contributed by atoms with Crippen LogP contribution in [0.3, 0.4) is 0 Å². The van der Waals surface area contributed by atoms with Crippen molar-refractivity contribution in [3.8, 4) is 5.75 Å². The van der Waals surface area contributed by atoms with Crippen LogP contribution in [-0.2, 0) is 14.4 Å². The number of nitrogens with zero attached hydrogens (tertiary/aromatic N) is 1. The number of carbonyl (C=O) groups is 4. The first kappa shape index (κ1) is 24.4. The first-order valence-corrected chi connectivity index (χ1v) is 10.7. The van der Waals surface area contributed by atoms with E-state index in [9.17, 15) is 44.7 Å². The van der Waals surface area contributed by atoms with E-state index in [2.05, 4.69) is 5.32 Å². The van der Waals surface area contributed by atoms with Crippen molar-refractivity contribution < 1.29 is 44.7 Å². The van der Waals surface area contributed by atoms with Crippen molar-refractivity contribution in [2.75, 3.05) is 19.4 Å². The minimum Gasteiger partial charge on any atom is -0.510 e. The van der Waals surface area contributed by atoms with Crippen LogP contribution in [0.1, 0.15) is 28.8 Å². The highest BCUT2D eigenvalue weighted by atomic mass is 16.4. The van der Waals surface area contributed by atoms with Crippen molar-refractivity contribution in [3.63, 3.8) is 0 Å². The normalized spacial score (nSPS) is 32.2. The van der Waals surface area contributed by atoms with Gasteiger partial charge >= 0.3 is 0 Å². The molecule has 0 saturated carbocycles. The number of likely N-dealkylation sites (N-methyl/N-ethyl adjacent to an activating group) is 1. The number of Topliss-reactive ketones (excluding diaryl/α,β-unsaturated/α-hetero) is 2. The van der Waals surface area contributed by atoms with E-state index >= 15 is 0 Å². The van der Waals surface area contributed by atoms with E-state index in [1.54, 1.807) is 6.92 Å². The van der Waals surface area contributed by atoms with Crippen LogP contribution >= 0.6 is 0 Å². The van der Waals surface area contributed by atoms with Gasteiger partial charge in [0.1, 0.15) is 17.1 Å². The quantitative estimate of drug-likeness (QED) is 0.160. The number of carbonyl (C=O) groups excluding carboxylic acids is 4. The monoisotopic (exact) mass is 487 g/mol. The molecule has 4 rings (SSSR count). The Morgan fingerprint density at radius 1 is 1.20 bits per heavy atom. The van der Waals surface area contributed by atoms with Crippen molar-refractivity contribution in [1.82, 2.24) is 4.90 Å². The fourth-order valence-electron chi connectivity index (χ4n) is 5.80. The number of nitrogens with one attached hydrogen (secondary N) is 1. The Hall–Kier alpha value is -3.74. The first-order chi connectivity index (χ1) is 16.3. The molecule has 0 unspecified atom stereocenters. The number of aliphatic hydroxyl groups is 4. The van der Waals surface area contributed by atoms with Gasteiger partial charge in [0, 0.05) is 11.5 Å². The van der Waals surface area contributed by atoms with E-state index in [0.717, 1.165) is 0 Å². The second-order valence-corrected chi connectivity index (χ2v) is 9.24. The summed E-state index contributed by atoms with van der Waals surface area (Å²) < 4.78 is 0. The van der Waals surface area contributed by atoms with Gasteiger partial charge in [-0.3, -0.25) is 24.1 Å². The SMILES string of the molecule is C[C@H]1c2ccc(NC=O)c(O)c2C(=O)C2=C(O)[C@]3(O)C(=O)C(C(N)=O)=C(O)[C@@H](N(C)C)[C@@H]3[C@H](O)[C@@H]21. The molecule has 12 heteroatoms. The highest BCUT2D eigenvalue weighted by molar-refractivity contribution is 6.25. The molecule has 0 saturated heterocycles. The van der Waals surface area contributed by atoms with Gasteiger partial charge in [-0.25, -0.2) is 0 Å². The van der Waals surface area contributed by atoms with E-state index in [-0.39, 0.29) is 11.3 Å². The molecular formula is C23H25N3O9. The zero-order chi connectivity index (χ0) is 26.1. The minimum absolute atomic E-state index is 0.0870. The summed E-state index contributed by atoms with van der Waals surface area (Å²) in [7, 11) is 2.92. The molecule has 6 atom stereocenters. The second kappa shape index (κ2) is 7.90. The number of rotatable bonds is 4. The lowest BCUT2D eigenvalue weighted by Crippen LogP contribution is -2.68. The summed E-state index contributed by atoms with van der Waals surface area (Å²) in [5.41, 5.74) is 0.755. The standard InChI is InChI=1S/C23H25N3O9/c1-7-8-4-5-9(25-6-27)16(28)11(8)17(29)12-10(7)18(30)14-15(26(2)3)19(31)13(22(24)34)21(33)23(14,35)20(12)32/h4-7,10,14-15,18,28,30-32,35H,1-3H3,(H2,24,34)(H,25,27)/t7-,10+,14+,15-,18+,23-/m0/s1. The number of aromatic hydroxyl groups is 1. The van der Waals surface area contributed by atoms with E-state index in [1.807, 2.05) is 0 Å². The molecule has 12 nitrogen and oxygen atoms in total. The second-order valence-electron chi connectivity index (χ2n) is 9.24.